The molecule has 12 nitrogen and oxygen atoms in total. The molecule has 186 valence electrons. The van der Waals surface area contributed by atoms with E-state index in [1.165, 1.54) is 44.6 Å². The lowest BCUT2D eigenvalue weighted by atomic mass is 9.99. The van der Waals surface area contributed by atoms with Crippen LogP contribution in [0.2, 0.25) is 0 Å². The molecule has 0 aliphatic carbocycles. The van der Waals surface area contributed by atoms with Crippen molar-refractivity contribution < 1.29 is 59.1 Å². The van der Waals surface area contributed by atoms with E-state index in [9.17, 15) is 35.4 Å². The molecule has 0 saturated carbocycles. The molecule has 2 aromatic carbocycles. The summed E-state index contributed by atoms with van der Waals surface area (Å²) in [6.07, 6.45) is -7.77. The van der Waals surface area contributed by atoms with Crippen molar-refractivity contribution in [1.29, 1.82) is 0 Å². The van der Waals surface area contributed by atoms with Crippen molar-refractivity contribution in [2.45, 2.75) is 37.3 Å². The number of aromatic hydroxyl groups is 3. The van der Waals surface area contributed by atoms with Crippen molar-refractivity contribution in [2.24, 2.45) is 0 Å². The van der Waals surface area contributed by atoms with Crippen molar-refractivity contribution in [1.82, 2.24) is 0 Å². The molecule has 1 saturated heterocycles. The van der Waals surface area contributed by atoms with Gasteiger partial charge in [-0.15, -0.1) is 0 Å². The molecule has 6 N–H and O–H groups in total. The Morgan fingerprint density at radius 1 is 0.941 bits per heavy atom. The number of benzene rings is 2. The molecule has 0 spiro atoms. The van der Waals surface area contributed by atoms with Crippen molar-refractivity contribution in [3.8, 4) is 28.7 Å². The normalized spacial score (nSPS) is 24.4. The van der Waals surface area contributed by atoms with Gasteiger partial charge in [-0.1, -0.05) is 0 Å². The Labute approximate surface area is 194 Å². The van der Waals surface area contributed by atoms with Crippen LogP contribution in [0.15, 0.2) is 30.3 Å². The molecule has 5 atom stereocenters. The lowest BCUT2D eigenvalue weighted by molar-refractivity contribution is -0.303. The van der Waals surface area contributed by atoms with Gasteiger partial charge in [-0.05, 0) is 30.3 Å². The smallest absolute Gasteiger partial charge is 0.346 e. The molecule has 2 aromatic rings. The maximum Gasteiger partial charge on any atom is 0.346 e. The zero-order chi connectivity index (χ0) is 25.0. The number of ether oxygens (including phenoxy) is 5. The molecule has 0 bridgehead atoms. The van der Waals surface area contributed by atoms with Crippen LogP contribution in [0.4, 0.5) is 0 Å². The molecule has 0 radical (unpaired) electrons. The first-order valence-corrected chi connectivity index (χ1v) is 10.1. The molecular formula is C22H26O12. The SMILES string of the molecule is COc1ccc(O)c(OC)c1C(=O)OCC1OC(OCc2cc(O)ccc2O)C(O)C(O)C1O. The summed E-state index contributed by atoms with van der Waals surface area (Å²) in [4.78, 5) is 12.7. The third-order valence-corrected chi connectivity index (χ3v) is 5.24. The Morgan fingerprint density at radius 2 is 1.65 bits per heavy atom. The van der Waals surface area contributed by atoms with Crippen LogP contribution in [-0.4, -0.2) is 88.1 Å². The second-order valence-corrected chi connectivity index (χ2v) is 7.43. The van der Waals surface area contributed by atoms with Crippen molar-refractivity contribution in [2.75, 3.05) is 20.8 Å². The van der Waals surface area contributed by atoms with Gasteiger partial charge in [0, 0.05) is 5.56 Å². The fraction of sp³-hybridized carbons (Fsp3) is 0.409. The lowest BCUT2D eigenvalue weighted by Crippen LogP contribution is -2.59. The number of phenolic OH excluding ortho intramolecular Hbond substituents is 3. The van der Waals surface area contributed by atoms with E-state index in [1.807, 2.05) is 0 Å². The average molecular weight is 482 g/mol. The molecule has 1 heterocycles. The first kappa shape index (κ1) is 25.3. The van der Waals surface area contributed by atoms with Gasteiger partial charge in [0.1, 0.15) is 53.8 Å². The first-order valence-electron chi connectivity index (χ1n) is 10.1. The number of aliphatic hydroxyl groups is 3. The van der Waals surface area contributed by atoms with Gasteiger partial charge in [-0.2, -0.15) is 0 Å². The summed E-state index contributed by atoms with van der Waals surface area (Å²) in [6.45, 7) is -0.877. The van der Waals surface area contributed by atoms with Crippen LogP contribution < -0.4 is 9.47 Å². The van der Waals surface area contributed by atoms with Crippen LogP contribution in [0.5, 0.6) is 28.7 Å². The Kier molecular flexibility index (Phi) is 8.02. The largest absolute Gasteiger partial charge is 0.508 e. The van der Waals surface area contributed by atoms with Crippen LogP contribution in [-0.2, 0) is 20.8 Å². The van der Waals surface area contributed by atoms with Gasteiger partial charge in [-0.3, -0.25) is 0 Å². The topological polar surface area (TPSA) is 185 Å². The van der Waals surface area contributed by atoms with E-state index in [2.05, 4.69) is 0 Å². The lowest BCUT2D eigenvalue weighted by Gasteiger charge is -2.40. The summed E-state index contributed by atoms with van der Waals surface area (Å²) in [5, 5.41) is 60.0. The molecule has 1 aliphatic rings. The highest BCUT2D eigenvalue weighted by Gasteiger charge is 2.45. The van der Waals surface area contributed by atoms with E-state index in [-0.39, 0.29) is 46.5 Å². The minimum Gasteiger partial charge on any atom is -0.508 e. The van der Waals surface area contributed by atoms with E-state index in [0.29, 0.717) is 0 Å². The minimum absolute atomic E-state index is 0.0624. The van der Waals surface area contributed by atoms with Crippen LogP contribution in [0.1, 0.15) is 15.9 Å². The Hall–Kier alpha value is -3.29. The second kappa shape index (κ2) is 10.8. The van der Waals surface area contributed by atoms with Crippen molar-refractivity contribution in [3.63, 3.8) is 0 Å². The molecule has 34 heavy (non-hydrogen) atoms. The van der Waals surface area contributed by atoms with Crippen molar-refractivity contribution in [3.05, 3.63) is 41.5 Å². The Balaban J connectivity index is 1.70. The molecule has 3 rings (SSSR count). The Bertz CT molecular complexity index is 1010. The highest BCUT2D eigenvalue weighted by atomic mass is 16.7. The molecule has 1 aliphatic heterocycles. The molecule has 5 unspecified atom stereocenters. The van der Waals surface area contributed by atoms with E-state index in [4.69, 9.17) is 23.7 Å². The second-order valence-electron chi connectivity index (χ2n) is 7.43. The number of carbonyl (C=O) groups excluding carboxylic acids is 1. The average Bonchev–Trinajstić information content (AvgIpc) is 2.82. The van der Waals surface area contributed by atoms with Crippen LogP contribution >= 0.6 is 0 Å². The summed E-state index contributed by atoms with van der Waals surface area (Å²) in [5.74, 6) is -1.72. The van der Waals surface area contributed by atoms with E-state index >= 15 is 0 Å². The van der Waals surface area contributed by atoms with Gasteiger partial charge in [0.15, 0.2) is 17.8 Å². The zero-order valence-corrected chi connectivity index (χ0v) is 18.3. The van der Waals surface area contributed by atoms with Gasteiger partial charge in [-0.25, -0.2) is 4.79 Å². The summed E-state index contributed by atoms with van der Waals surface area (Å²) in [6, 6.07) is 6.36. The zero-order valence-electron chi connectivity index (χ0n) is 18.3. The summed E-state index contributed by atoms with van der Waals surface area (Å²) in [7, 11) is 2.55. The summed E-state index contributed by atoms with van der Waals surface area (Å²) < 4.78 is 26.3. The third kappa shape index (κ3) is 5.26. The van der Waals surface area contributed by atoms with E-state index in [0.717, 1.165) is 0 Å². The maximum absolute atomic E-state index is 12.7. The number of rotatable bonds is 8. The number of carbonyl (C=O) groups is 1. The number of hydrogen-bond acceptors (Lipinski definition) is 12. The van der Waals surface area contributed by atoms with Gasteiger partial charge >= 0.3 is 5.97 Å². The predicted octanol–water partition coefficient (Wildman–Crippen LogP) is 0.00180. The number of esters is 1. The molecule has 0 amide bonds. The molecular weight excluding hydrogens is 456 g/mol. The van der Waals surface area contributed by atoms with Gasteiger partial charge in [0.25, 0.3) is 0 Å². The number of aliphatic hydroxyl groups excluding tert-OH is 3. The molecule has 12 heteroatoms. The summed E-state index contributed by atoms with van der Waals surface area (Å²) in [5.41, 5.74) is -0.0227. The number of hydrogen-bond donors (Lipinski definition) is 6. The highest BCUT2D eigenvalue weighted by molar-refractivity contribution is 5.96. The number of methoxy groups -OCH3 is 2. The van der Waals surface area contributed by atoms with Gasteiger partial charge in [0.2, 0.25) is 0 Å². The Morgan fingerprint density at radius 3 is 2.32 bits per heavy atom. The van der Waals surface area contributed by atoms with E-state index in [1.54, 1.807) is 0 Å². The summed E-state index contributed by atoms with van der Waals surface area (Å²) >= 11 is 0. The van der Waals surface area contributed by atoms with E-state index < -0.39 is 43.3 Å². The first-order chi connectivity index (χ1) is 16.2. The van der Waals surface area contributed by atoms with Crippen LogP contribution in [0, 0.1) is 0 Å². The minimum atomic E-state index is -1.70. The monoisotopic (exact) mass is 482 g/mol. The molecule has 1 fully saturated rings. The number of phenols is 3. The predicted molar refractivity (Wildman–Crippen MR) is 113 cm³/mol. The maximum atomic E-state index is 12.7. The molecule has 0 aromatic heterocycles. The fourth-order valence-corrected chi connectivity index (χ4v) is 3.41. The fourth-order valence-electron chi connectivity index (χ4n) is 3.41. The van der Waals surface area contributed by atoms with Crippen LogP contribution in [0.3, 0.4) is 0 Å². The van der Waals surface area contributed by atoms with Gasteiger partial charge < -0.3 is 54.3 Å². The van der Waals surface area contributed by atoms with Gasteiger partial charge in [0.05, 0.1) is 20.8 Å². The van der Waals surface area contributed by atoms with Crippen LogP contribution in [0.25, 0.3) is 0 Å². The van der Waals surface area contributed by atoms with Crippen molar-refractivity contribution >= 4 is 5.97 Å². The quantitative estimate of drug-likeness (QED) is 0.219. The highest BCUT2D eigenvalue weighted by Crippen LogP contribution is 2.37. The standard InChI is InChI=1S/C22H26O12/c1-30-14-6-5-13(25)20(31-2)16(14)21(29)32-9-15-17(26)18(27)19(28)22(34-15)33-8-10-7-11(23)3-4-12(10)24/h3-7,15,17-19,22-28H,8-9H2,1-2H3. The third-order valence-electron chi connectivity index (χ3n) is 5.24.